The van der Waals surface area contributed by atoms with Gasteiger partial charge in [0.1, 0.15) is 16.8 Å². The standard InChI is InChI=1S/C25H49N5O6/c1-23(2,3)34-20(31)28-14-12-27(11-10-26)13-15-29(21(32)35-24(4,5)6)17-19-30(18-16-28)22(33)36-25(7,8)9/h10-19,26H2,1-9H3. The molecule has 0 saturated carbocycles. The van der Waals surface area contributed by atoms with Crippen LogP contribution in [0.4, 0.5) is 14.4 Å². The van der Waals surface area contributed by atoms with Crippen LogP contribution in [-0.4, -0.2) is 120 Å². The molecule has 11 nitrogen and oxygen atoms in total. The van der Waals surface area contributed by atoms with Crippen LogP contribution in [0.2, 0.25) is 0 Å². The van der Waals surface area contributed by atoms with Gasteiger partial charge in [0, 0.05) is 65.4 Å². The van der Waals surface area contributed by atoms with Gasteiger partial charge in [-0.05, 0) is 62.3 Å². The number of hydrogen-bond donors (Lipinski definition) is 1. The summed E-state index contributed by atoms with van der Waals surface area (Å²) in [5.74, 6) is 0. The molecule has 36 heavy (non-hydrogen) atoms. The molecular weight excluding hydrogens is 466 g/mol. The van der Waals surface area contributed by atoms with Crippen molar-refractivity contribution in [3.8, 4) is 0 Å². The zero-order valence-corrected chi connectivity index (χ0v) is 23.9. The maximum atomic E-state index is 13.0. The Morgan fingerprint density at radius 1 is 0.556 bits per heavy atom. The van der Waals surface area contributed by atoms with Crippen LogP contribution in [0.1, 0.15) is 62.3 Å². The molecule has 0 aliphatic carbocycles. The first-order valence-corrected chi connectivity index (χ1v) is 12.8. The molecule has 0 aromatic rings. The average Bonchev–Trinajstić information content (AvgIpc) is 2.66. The van der Waals surface area contributed by atoms with Gasteiger partial charge in [0.2, 0.25) is 0 Å². The van der Waals surface area contributed by atoms with Gasteiger partial charge in [-0.1, -0.05) is 0 Å². The molecule has 1 aliphatic rings. The van der Waals surface area contributed by atoms with Crippen LogP contribution in [0, 0.1) is 0 Å². The number of ether oxygens (including phenoxy) is 3. The van der Waals surface area contributed by atoms with Gasteiger partial charge in [-0.3, -0.25) is 4.90 Å². The van der Waals surface area contributed by atoms with E-state index < -0.39 is 35.1 Å². The molecule has 1 rings (SSSR count). The lowest BCUT2D eigenvalue weighted by molar-refractivity contribution is 0.00480. The first-order chi connectivity index (χ1) is 16.4. The van der Waals surface area contributed by atoms with Gasteiger partial charge in [0.15, 0.2) is 0 Å². The Bertz CT molecular complexity index is 682. The van der Waals surface area contributed by atoms with Gasteiger partial charge < -0.3 is 34.6 Å². The third-order valence-corrected chi connectivity index (χ3v) is 5.05. The highest BCUT2D eigenvalue weighted by Gasteiger charge is 2.29. The third-order valence-electron chi connectivity index (χ3n) is 5.05. The number of nitrogens with two attached hydrogens (primary N) is 1. The van der Waals surface area contributed by atoms with Crippen molar-refractivity contribution in [2.24, 2.45) is 5.73 Å². The molecule has 0 aromatic heterocycles. The Morgan fingerprint density at radius 3 is 1.03 bits per heavy atom. The van der Waals surface area contributed by atoms with E-state index in [1.165, 1.54) is 4.90 Å². The topological polar surface area (TPSA) is 118 Å². The van der Waals surface area contributed by atoms with E-state index in [2.05, 4.69) is 4.90 Å². The summed E-state index contributed by atoms with van der Waals surface area (Å²) < 4.78 is 16.8. The molecule has 0 unspecified atom stereocenters. The van der Waals surface area contributed by atoms with Crippen LogP contribution in [0.5, 0.6) is 0 Å². The van der Waals surface area contributed by atoms with Crippen LogP contribution in [-0.2, 0) is 14.2 Å². The summed E-state index contributed by atoms with van der Waals surface area (Å²) in [7, 11) is 0. The minimum absolute atomic E-state index is 0.229. The van der Waals surface area contributed by atoms with Crippen molar-refractivity contribution < 1.29 is 28.6 Å². The summed E-state index contributed by atoms with van der Waals surface area (Å²) >= 11 is 0. The molecule has 1 saturated heterocycles. The van der Waals surface area contributed by atoms with Crippen LogP contribution in [0.15, 0.2) is 0 Å². The number of carbonyl (C=O) groups excluding carboxylic acids is 3. The van der Waals surface area contributed by atoms with Crippen LogP contribution < -0.4 is 5.73 Å². The molecule has 0 spiro atoms. The maximum absolute atomic E-state index is 13.0. The summed E-state index contributed by atoms with van der Waals surface area (Å²) in [6.45, 7) is 20.2. The van der Waals surface area contributed by atoms with E-state index in [4.69, 9.17) is 19.9 Å². The van der Waals surface area contributed by atoms with E-state index in [1.807, 2.05) is 41.5 Å². The Hall–Kier alpha value is -2.27. The molecule has 2 N–H and O–H groups in total. The minimum Gasteiger partial charge on any atom is -0.444 e. The summed E-state index contributed by atoms with van der Waals surface area (Å²) in [6.07, 6.45) is -1.38. The number of nitrogens with zero attached hydrogens (tertiary/aromatic N) is 4. The second kappa shape index (κ2) is 13.3. The lowest BCUT2D eigenvalue weighted by Gasteiger charge is -2.35. The Labute approximate surface area is 217 Å². The van der Waals surface area contributed by atoms with Crippen molar-refractivity contribution in [3.63, 3.8) is 0 Å². The molecular formula is C25H49N5O6. The molecule has 1 heterocycles. The first-order valence-electron chi connectivity index (χ1n) is 12.8. The molecule has 3 amide bonds. The number of hydrogen-bond acceptors (Lipinski definition) is 8. The molecule has 0 radical (unpaired) electrons. The lowest BCUT2D eigenvalue weighted by atomic mass is 10.2. The van der Waals surface area contributed by atoms with Gasteiger partial charge in [-0.2, -0.15) is 0 Å². The van der Waals surface area contributed by atoms with E-state index in [9.17, 15) is 14.4 Å². The quantitative estimate of drug-likeness (QED) is 0.558. The zero-order valence-electron chi connectivity index (χ0n) is 23.9. The lowest BCUT2D eigenvalue weighted by Crippen LogP contribution is -2.51. The Balaban J connectivity index is 3.19. The normalized spacial score (nSPS) is 17.7. The van der Waals surface area contributed by atoms with Gasteiger partial charge >= 0.3 is 18.3 Å². The summed E-state index contributed by atoms with van der Waals surface area (Å²) in [5, 5.41) is 0. The zero-order chi connectivity index (χ0) is 27.7. The van der Waals surface area contributed by atoms with Crippen molar-refractivity contribution in [3.05, 3.63) is 0 Å². The number of carbonyl (C=O) groups is 3. The Kier molecular flexibility index (Phi) is 11.8. The summed E-state index contributed by atoms with van der Waals surface area (Å²) in [4.78, 5) is 45.7. The fourth-order valence-electron chi connectivity index (χ4n) is 3.39. The molecule has 0 bridgehead atoms. The van der Waals surface area contributed by atoms with E-state index in [1.54, 1.807) is 30.6 Å². The molecule has 210 valence electrons. The van der Waals surface area contributed by atoms with E-state index in [0.717, 1.165) is 0 Å². The fourth-order valence-corrected chi connectivity index (χ4v) is 3.39. The smallest absolute Gasteiger partial charge is 0.410 e. The van der Waals surface area contributed by atoms with Crippen molar-refractivity contribution >= 4 is 18.3 Å². The predicted molar refractivity (Wildman–Crippen MR) is 139 cm³/mol. The minimum atomic E-state index is -0.681. The largest absolute Gasteiger partial charge is 0.444 e. The second-order valence-corrected chi connectivity index (χ2v) is 12.0. The van der Waals surface area contributed by atoms with E-state index >= 15 is 0 Å². The SMILES string of the molecule is CC(C)(C)OC(=O)N1CCN(CCN)CCN(C(=O)OC(C)(C)C)CCN(C(=O)OC(C)(C)C)CC1. The second-order valence-electron chi connectivity index (χ2n) is 12.0. The van der Waals surface area contributed by atoms with E-state index in [0.29, 0.717) is 39.3 Å². The molecule has 11 heteroatoms. The van der Waals surface area contributed by atoms with Crippen LogP contribution >= 0.6 is 0 Å². The molecule has 0 atom stereocenters. The average molecular weight is 516 g/mol. The highest BCUT2D eigenvalue weighted by molar-refractivity contribution is 5.70. The molecule has 1 aliphatic heterocycles. The highest BCUT2D eigenvalue weighted by atomic mass is 16.6. The van der Waals surface area contributed by atoms with Gasteiger partial charge in [-0.25, -0.2) is 14.4 Å². The third kappa shape index (κ3) is 13.2. The predicted octanol–water partition coefficient (Wildman–Crippen LogP) is 2.97. The first kappa shape index (κ1) is 31.8. The molecule has 0 aromatic carbocycles. The summed E-state index contributed by atoms with van der Waals surface area (Å²) in [5.41, 5.74) is 3.86. The van der Waals surface area contributed by atoms with Gasteiger partial charge in [0.05, 0.1) is 0 Å². The van der Waals surface area contributed by atoms with Crippen LogP contribution in [0.3, 0.4) is 0 Å². The van der Waals surface area contributed by atoms with Crippen molar-refractivity contribution in [1.29, 1.82) is 0 Å². The van der Waals surface area contributed by atoms with Crippen molar-refractivity contribution in [1.82, 2.24) is 19.6 Å². The number of amides is 3. The molecule has 1 fully saturated rings. The Morgan fingerprint density at radius 2 is 0.806 bits per heavy atom. The highest BCUT2D eigenvalue weighted by Crippen LogP contribution is 2.14. The maximum Gasteiger partial charge on any atom is 0.410 e. The van der Waals surface area contributed by atoms with E-state index in [-0.39, 0.29) is 26.2 Å². The summed E-state index contributed by atoms with van der Waals surface area (Å²) in [6, 6.07) is 0. The van der Waals surface area contributed by atoms with Gasteiger partial charge in [-0.15, -0.1) is 0 Å². The monoisotopic (exact) mass is 515 g/mol. The van der Waals surface area contributed by atoms with Gasteiger partial charge in [0.25, 0.3) is 0 Å². The van der Waals surface area contributed by atoms with Crippen molar-refractivity contribution in [2.45, 2.75) is 79.1 Å². The number of rotatable bonds is 2. The fraction of sp³-hybridized carbons (Fsp3) is 0.880. The van der Waals surface area contributed by atoms with Crippen LogP contribution in [0.25, 0.3) is 0 Å². The van der Waals surface area contributed by atoms with Crippen molar-refractivity contribution in [2.75, 3.05) is 65.4 Å².